The predicted molar refractivity (Wildman–Crippen MR) is 116 cm³/mol. The molecular formula is C23H31N3O3. The number of nitrogens with one attached hydrogen (secondary N) is 2. The van der Waals surface area contributed by atoms with E-state index < -0.39 is 0 Å². The Hall–Kier alpha value is -2.73. The fourth-order valence-electron chi connectivity index (χ4n) is 3.36. The van der Waals surface area contributed by atoms with Crippen LogP contribution < -0.4 is 20.1 Å². The minimum Gasteiger partial charge on any atom is -0.497 e. The van der Waals surface area contributed by atoms with E-state index in [1.807, 2.05) is 42.2 Å². The Balaban J connectivity index is 1.37. The van der Waals surface area contributed by atoms with Crippen LogP contribution in [0.5, 0.6) is 11.5 Å². The summed E-state index contributed by atoms with van der Waals surface area (Å²) in [4.78, 5) is 14.1. The second kappa shape index (κ2) is 10.7. The van der Waals surface area contributed by atoms with Gasteiger partial charge in [-0.2, -0.15) is 0 Å². The van der Waals surface area contributed by atoms with Crippen molar-refractivity contribution in [2.45, 2.75) is 26.2 Å². The minimum atomic E-state index is -0.0239. The predicted octanol–water partition coefficient (Wildman–Crippen LogP) is 3.84. The van der Waals surface area contributed by atoms with Gasteiger partial charge in [-0.3, -0.25) is 0 Å². The number of piperazine rings is 1. The number of unbranched alkanes of at least 4 members (excludes halogenated alkanes) is 1. The van der Waals surface area contributed by atoms with Crippen molar-refractivity contribution in [2.75, 3.05) is 45.2 Å². The zero-order valence-corrected chi connectivity index (χ0v) is 17.4. The quantitative estimate of drug-likeness (QED) is 0.665. The van der Waals surface area contributed by atoms with Crippen LogP contribution in [0.15, 0.2) is 42.5 Å². The highest BCUT2D eigenvalue weighted by molar-refractivity contribution is 5.89. The van der Waals surface area contributed by atoms with E-state index in [9.17, 15) is 4.79 Å². The molecule has 0 radical (unpaired) electrons. The number of nitrogens with zero attached hydrogens (tertiary/aromatic N) is 1. The van der Waals surface area contributed by atoms with Gasteiger partial charge in [-0.1, -0.05) is 12.1 Å². The summed E-state index contributed by atoms with van der Waals surface area (Å²) >= 11 is 0. The monoisotopic (exact) mass is 397 g/mol. The number of methoxy groups -OCH3 is 1. The summed E-state index contributed by atoms with van der Waals surface area (Å²) in [6.45, 7) is 5.93. The summed E-state index contributed by atoms with van der Waals surface area (Å²) in [6, 6.07) is 14.0. The highest BCUT2D eigenvalue weighted by atomic mass is 16.5. The van der Waals surface area contributed by atoms with Crippen LogP contribution in [0.4, 0.5) is 10.5 Å². The first kappa shape index (κ1) is 21.0. The lowest BCUT2D eigenvalue weighted by atomic mass is 10.1. The topological polar surface area (TPSA) is 62.8 Å². The molecule has 2 aromatic rings. The molecule has 0 unspecified atom stereocenters. The number of aryl methyl sites for hydroxylation is 2. The third-order valence-corrected chi connectivity index (χ3v) is 5.00. The molecule has 0 saturated carbocycles. The Labute approximate surface area is 173 Å². The van der Waals surface area contributed by atoms with Gasteiger partial charge in [-0.25, -0.2) is 4.79 Å². The van der Waals surface area contributed by atoms with Crippen molar-refractivity contribution in [3.8, 4) is 11.5 Å². The average Bonchev–Trinajstić information content (AvgIpc) is 2.75. The third kappa shape index (κ3) is 6.68. The molecule has 0 bridgehead atoms. The molecular weight excluding hydrogens is 366 g/mol. The van der Waals surface area contributed by atoms with Gasteiger partial charge in [-0.15, -0.1) is 0 Å². The number of urea groups is 1. The van der Waals surface area contributed by atoms with E-state index >= 15 is 0 Å². The van der Waals surface area contributed by atoms with Crippen molar-refractivity contribution in [3.63, 3.8) is 0 Å². The summed E-state index contributed by atoms with van der Waals surface area (Å²) in [5, 5.41) is 6.23. The van der Waals surface area contributed by atoms with Crippen molar-refractivity contribution >= 4 is 11.7 Å². The third-order valence-electron chi connectivity index (χ3n) is 5.00. The summed E-state index contributed by atoms with van der Waals surface area (Å²) < 4.78 is 11.1. The van der Waals surface area contributed by atoms with Gasteiger partial charge in [0.15, 0.2) is 0 Å². The minimum absolute atomic E-state index is 0.0239. The molecule has 29 heavy (non-hydrogen) atoms. The van der Waals surface area contributed by atoms with Crippen LogP contribution in [-0.4, -0.2) is 50.8 Å². The molecule has 0 spiro atoms. The molecule has 2 amide bonds. The van der Waals surface area contributed by atoms with Crippen LogP contribution in [-0.2, 0) is 6.42 Å². The van der Waals surface area contributed by atoms with Crippen LogP contribution in [0.3, 0.4) is 0 Å². The Morgan fingerprint density at radius 3 is 2.52 bits per heavy atom. The fourth-order valence-corrected chi connectivity index (χ4v) is 3.36. The number of carbonyl (C=O) groups is 1. The molecule has 3 rings (SSSR count). The van der Waals surface area contributed by atoms with Crippen LogP contribution in [0.2, 0.25) is 0 Å². The molecule has 1 fully saturated rings. The van der Waals surface area contributed by atoms with Gasteiger partial charge in [0.05, 0.1) is 13.7 Å². The lowest BCUT2D eigenvalue weighted by Gasteiger charge is -2.27. The average molecular weight is 398 g/mol. The van der Waals surface area contributed by atoms with Gasteiger partial charge in [0.2, 0.25) is 0 Å². The smallest absolute Gasteiger partial charge is 0.321 e. The number of ether oxygens (including phenoxy) is 2. The van der Waals surface area contributed by atoms with E-state index in [0.717, 1.165) is 68.2 Å². The number of anilines is 1. The standard InChI is InChI=1S/C23H31N3O3/c1-18-15-21(28-2)17-22(16-18)29-14-4-3-5-19-6-8-20(9-7-19)25-23(27)26-12-10-24-11-13-26/h6-9,15-17,24H,3-5,10-14H2,1-2H3,(H,25,27). The molecule has 1 aliphatic rings. The number of amides is 2. The van der Waals surface area contributed by atoms with E-state index in [-0.39, 0.29) is 6.03 Å². The first-order valence-corrected chi connectivity index (χ1v) is 10.3. The largest absolute Gasteiger partial charge is 0.497 e. The summed E-state index contributed by atoms with van der Waals surface area (Å²) in [5.74, 6) is 1.68. The molecule has 0 aliphatic carbocycles. The highest BCUT2D eigenvalue weighted by Gasteiger charge is 2.15. The molecule has 6 nitrogen and oxygen atoms in total. The number of carbonyl (C=O) groups excluding carboxylic acids is 1. The van der Waals surface area contributed by atoms with E-state index in [1.54, 1.807) is 7.11 Å². The van der Waals surface area contributed by atoms with Crippen molar-refractivity contribution in [1.29, 1.82) is 0 Å². The Morgan fingerprint density at radius 2 is 1.79 bits per heavy atom. The molecule has 1 saturated heterocycles. The van der Waals surface area contributed by atoms with Crippen molar-refractivity contribution in [3.05, 3.63) is 53.6 Å². The van der Waals surface area contributed by atoms with Crippen molar-refractivity contribution < 1.29 is 14.3 Å². The number of hydrogen-bond donors (Lipinski definition) is 2. The van der Waals surface area contributed by atoms with Crippen LogP contribution >= 0.6 is 0 Å². The van der Waals surface area contributed by atoms with Crippen LogP contribution in [0, 0.1) is 6.92 Å². The first-order valence-electron chi connectivity index (χ1n) is 10.3. The molecule has 6 heteroatoms. The van der Waals surface area contributed by atoms with Gasteiger partial charge < -0.3 is 25.0 Å². The van der Waals surface area contributed by atoms with Gasteiger partial charge in [0, 0.05) is 37.9 Å². The SMILES string of the molecule is COc1cc(C)cc(OCCCCc2ccc(NC(=O)N3CCNCC3)cc2)c1. The van der Waals surface area contributed by atoms with Crippen LogP contribution in [0.1, 0.15) is 24.0 Å². The van der Waals surface area contributed by atoms with E-state index in [2.05, 4.69) is 22.8 Å². The summed E-state index contributed by atoms with van der Waals surface area (Å²) in [6.07, 6.45) is 3.03. The molecule has 1 aliphatic heterocycles. The first-order chi connectivity index (χ1) is 14.1. The van der Waals surface area contributed by atoms with Gasteiger partial charge in [0.1, 0.15) is 11.5 Å². The molecule has 2 aromatic carbocycles. The zero-order valence-electron chi connectivity index (χ0n) is 17.4. The number of hydrogen-bond acceptors (Lipinski definition) is 4. The summed E-state index contributed by atoms with van der Waals surface area (Å²) in [7, 11) is 1.67. The van der Waals surface area contributed by atoms with E-state index in [1.165, 1.54) is 5.56 Å². The van der Waals surface area contributed by atoms with Gasteiger partial charge >= 0.3 is 6.03 Å². The zero-order chi connectivity index (χ0) is 20.5. The van der Waals surface area contributed by atoms with Crippen molar-refractivity contribution in [2.24, 2.45) is 0 Å². The molecule has 1 heterocycles. The van der Waals surface area contributed by atoms with Gasteiger partial charge in [-0.05, 0) is 61.6 Å². The number of benzene rings is 2. The second-order valence-corrected chi connectivity index (χ2v) is 7.36. The van der Waals surface area contributed by atoms with Crippen molar-refractivity contribution in [1.82, 2.24) is 10.2 Å². The Kier molecular flexibility index (Phi) is 7.76. The van der Waals surface area contributed by atoms with E-state index in [4.69, 9.17) is 9.47 Å². The molecule has 156 valence electrons. The Bertz CT molecular complexity index is 786. The maximum absolute atomic E-state index is 12.2. The van der Waals surface area contributed by atoms with E-state index in [0.29, 0.717) is 6.61 Å². The fraction of sp³-hybridized carbons (Fsp3) is 0.435. The van der Waals surface area contributed by atoms with Crippen LogP contribution in [0.25, 0.3) is 0 Å². The molecule has 0 aromatic heterocycles. The maximum Gasteiger partial charge on any atom is 0.321 e. The highest BCUT2D eigenvalue weighted by Crippen LogP contribution is 2.22. The molecule has 0 atom stereocenters. The van der Waals surface area contributed by atoms with Gasteiger partial charge in [0.25, 0.3) is 0 Å². The second-order valence-electron chi connectivity index (χ2n) is 7.36. The Morgan fingerprint density at radius 1 is 1.07 bits per heavy atom. The normalized spacial score (nSPS) is 13.8. The maximum atomic E-state index is 12.2. The lowest BCUT2D eigenvalue weighted by molar-refractivity contribution is 0.204. The molecule has 2 N–H and O–H groups in total. The summed E-state index contributed by atoms with van der Waals surface area (Å²) in [5.41, 5.74) is 3.24. The lowest BCUT2D eigenvalue weighted by Crippen LogP contribution is -2.48. The number of rotatable bonds is 8.